The van der Waals surface area contributed by atoms with Crippen LogP contribution in [-0.4, -0.2) is 15.5 Å². The number of aromatic nitrogens is 2. The molecule has 0 aliphatic rings. The average molecular weight is 399 g/mol. The van der Waals surface area contributed by atoms with Crippen LogP contribution in [0.4, 0.5) is 5.69 Å². The molecule has 1 amide bonds. The predicted octanol–water partition coefficient (Wildman–Crippen LogP) is 4.44. The van der Waals surface area contributed by atoms with Gasteiger partial charge in [0.1, 0.15) is 18.0 Å². The summed E-state index contributed by atoms with van der Waals surface area (Å²) in [6, 6.07) is 18.0. The summed E-state index contributed by atoms with van der Waals surface area (Å²) in [5.74, 6) is 0.766. The van der Waals surface area contributed by atoms with Crippen molar-refractivity contribution >= 4 is 22.5 Å². The molecule has 2 heterocycles. The van der Waals surface area contributed by atoms with Gasteiger partial charge in [-0.15, -0.1) is 0 Å². The first-order valence-electron chi connectivity index (χ1n) is 9.60. The summed E-state index contributed by atoms with van der Waals surface area (Å²) in [7, 11) is 0. The third-order valence-electron chi connectivity index (χ3n) is 5.01. The molecule has 6 nitrogen and oxygen atoms in total. The van der Waals surface area contributed by atoms with Gasteiger partial charge in [-0.05, 0) is 55.3 Å². The monoisotopic (exact) mass is 399 g/mol. The molecule has 2 aromatic heterocycles. The lowest BCUT2D eigenvalue weighted by atomic mass is 10.1. The second-order valence-electron chi connectivity index (χ2n) is 7.03. The number of nitrogens with one attached hydrogen (secondary N) is 1. The summed E-state index contributed by atoms with van der Waals surface area (Å²) in [4.78, 5) is 29.1. The fourth-order valence-electron chi connectivity index (χ4n) is 3.25. The molecule has 0 radical (unpaired) electrons. The summed E-state index contributed by atoms with van der Waals surface area (Å²) < 4.78 is 7.73. The number of benzene rings is 2. The van der Waals surface area contributed by atoms with Gasteiger partial charge in [-0.2, -0.15) is 0 Å². The molecule has 0 fully saturated rings. The van der Waals surface area contributed by atoms with E-state index in [2.05, 4.69) is 10.3 Å². The van der Waals surface area contributed by atoms with Crippen molar-refractivity contribution in [2.75, 3.05) is 5.32 Å². The molecule has 0 saturated carbocycles. The van der Waals surface area contributed by atoms with Crippen LogP contribution in [0.1, 0.15) is 11.1 Å². The Morgan fingerprint density at radius 3 is 2.73 bits per heavy atom. The minimum atomic E-state index is -0.248. The van der Waals surface area contributed by atoms with Crippen molar-refractivity contribution in [1.29, 1.82) is 0 Å². The summed E-state index contributed by atoms with van der Waals surface area (Å²) in [6.45, 7) is 4.05. The zero-order valence-corrected chi connectivity index (χ0v) is 16.8. The quantitative estimate of drug-likeness (QED) is 0.538. The Labute approximate surface area is 173 Å². The maximum atomic E-state index is 12.7. The fourth-order valence-corrected chi connectivity index (χ4v) is 3.25. The number of nitrogens with zero attached hydrogens (tertiary/aromatic N) is 2. The van der Waals surface area contributed by atoms with Gasteiger partial charge in [-0.3, -0.25) is 9.59 Å². The lowest BCUT2D eigenvalue weighted by Gasteiger charge is -2.14. The van der Waals surface area contributed by atoms with E-state index in [0.29, 0.717) is 28.2 Å². The van der Waals surface area contributed by atoms with Crippen molar-refractivity contribution in [3.05, 3.63) is 94.4 Å². The van der Waals surface area contributed by atoms with E-state index in [-0.39, 0.29) is 17.9 Å². The lowest BCUT2D eigenvalue weighted by Crippen LogP contribution is -2.20. The van der Waals surface area contributed by atoms with Crippen LogP contribution in [-0.2, 0) is 11.3 Å². The van der Waals surface area contributed by atoms with Gasteiger partial charge in [0.15, 0.2) is 5.43 Å². The molecule has 6 heteroatoms. The lowest BCUT2D eigenvalue weighted by molar-refractivity contribution is -0.116. The zero-order chi connectivity index (χ0) is 21.1. The van der Waals surface area contributed by atoms with Crippen LogP contribution < -0.4 is 15.5 Å². The third-order valence-corrected chi connectivity index (χ3v) is 5.01. The van der Waals surface area contributed by atoms with E-state index in [1.54, 1.807) is 41.2 Å². The van der Waals surface area contributed by atoms with E-state index in [0.717, 1.165) is 11.1 Å². The molecule has 0 saturated heterocycles. The second kappa shape index (κ2) is 8.21. The molecule has 0 aliphatic carbocycles. The average Bonchev–Trinajstić information content (AvgIpc) is 2.75. The molecule has 0 spiro atoms. The molecule has 0 aliphatic heterocycles. The van der Waals surface area contributed by atoms with Crippen LogP contribution in [0, 0.1) is 13.8 Å². The fraction of sp³-hybridized carbons (Fsp3) is 0.125. The number of amides is 1. The highest BCUT2D eigenvalue weighted by molar-refractivity contribution is 5.92. The minimum Gasteiger partial charge on any atom is -0.437 e. The Kier molecular flexibility index (Phi) is 5.30. The van der Waals surface area contributed by atoms with Crippen LogP contribution in [0.15, 0.2) is 77.9 Å². The third kappa shape index (κ3) is 3.93. The summed E-state index contributed by atoms with van der Waals surface area (Å²) >= 11 is 0. The van der Waals surface area contributed by atoms with Crippen molar-refractivity contribution in [3.8, 4) is 11.6 Å². The number of para-hydroxylation sites is 1. The van der Waals surface area contributed by atoms with Crippen LogP contribution in [0.3, 0.4) is 0 Å². The van der Waals surface area contributed by atoms with Crippen molar-refractivity contribution in [2.24, 2.45) is 0 Å². The largest absolute Gasteiger partial charge is 0.437 e. The number of ether oxygens (including phenoxy) is 1. The van der Waals surface area contributed by atoms with Crippen molar-refractivity contribution in [3.63, 3.8) is 0 Å². The standard InChI is InChI=1S/C24H21N3O3/c1-16-7-5-11-22(17(16)2)30-24-19(9-6-13-25-24)26-23(29)15-27-14-12-21(28)18-8-3-4-10-20(18)27/h3-14H,15H2,1-2H3,(H,26,29). The van der Waals surface area contributed by atoms with Gasteiger partial charge >= 0.3 is 0 Å². The van der Waals surface area contributed by atoms with Gasteiger partial charge in [-0.1, -0.05) is 24.3 Å². The Bertz CT molecular complexity index is 1290. The molecule has 0 unspecified atom stereocenters. The van der Waals surface area contributed by atoms with Gasteiger partial charge in [0.2, 0.25) is 11.8 Å². The molecule has 0 bridgehead atoms. The molecule has 0 atom stereocenters. The van der Waals surface area contributed by atoms with Gasteiger partial charge in [0.25, 0.3) is 0 Å². The SMILES string of the molecule is Cc1cccc(Oc2ncccc2NC(=O)Cn2ccc(=O)c3ccccc32)c1C. The molecule has 150 valence electrons. The van der Waals surface area contributed by atoms with Gasteiger partial charge in [0.05, 0.1) is 5.52 Å². The Balaban J connectivity index is 1.57. The highest BCUT2D eigenvalue weighted by atomic mass is 16.5. The van der Waals surface area contributed by atoms with Gasteiger partial charge < -0.3 is 14.6 Å². The predicted molar refractivity (Wildman–Crippen MR) is 117 cm³/mol. The van der Waals surface area contributed by atoms with Crippen molar-refractivity contribution in [1.82, 2.24) is 9.55 Å². The van der Waals surface area contributed by atoms with E-state index in [1.807, 2.05) is 44.2 Å². The maximum absolute atomic E-state index is 12.7. The Hall–Kier alpha value is -3.93. The van der Waals surface area contributed by atoms with Crippen molar-refractivity contribution < 1.29 is 9.53 Å². The van der Waals surface area contributed by atoms with Crippen LogP contribution >= 0.6 is 0 Å². The molecule has 1 N–H and O–H groups in total. The first-order chi connectivity index (χ1) is 14.5. The highest BCUT2D eigenvalue weighted by Gasteiger charge is 2.13. The maximum Gasteiger partial charge on any atom is 0.244 e. The topological polar surface area (TPSA) is 73.2 Å². The van der Waals surface area contributed by atoms with Gasteiger partial charge in [0, 0.05) is 23.8 Å². The number of anilines is 1. The number of rotatable bonds is 5. The smallest absolute Gasteiger partial charge is 0.244 e. The highest BCUT2D eigenvalue weighted by Crippen LogP contribution is 2.30. The van der Waals surface area contributed by atoms with E-state index in [4.69, 9.17) is 4.74 Å². The first kappa shape index (κ1) is 19.4. The van der Waals surface area contributed by atoms with Crippen LogP contribution in [0.2, 0.25) is 0 Å². The van der Waals surface area contributed by atoms with E-state index in [1.165, 1.54) is 6.07 Å². The number of fused-ring (bicyclic) bond motifs is 1. The van der Waals surface area contributed by atoms with Crippen LogP contribution in [0.25, 0.3) is 10.9 Å². The zero-order valence-electron chi connectivity index (χ0n) is 16.8. The molecule has 30 heavy (non-hydrogen) atoms. The van der Waals surface area contributed by atoms with Crippen molar-refractivity contribution in [2.45, 2.75) is 20.4 Å². The summed E-state index contributed by atoms with van der Waals surface area (Å²) in [6.07, 6.45) is 3.24. The van der Waals surface area contributed by atoms with Gasteiger partial charge in [-0.25, -0.2) is 4.98 Å². The van der Waals surface area contributed by atoms with E-state index < -0.39 is 0 Å². The van der Waals surface area contributed by atoms with E-state index in [9.17, 15) is 9.59 Å². The second-order valence-corrected chi connectivity index (χ2v) is 7.03. The number of carbonyl (C=O) groups excluding carboxylic acids is 1. The number of aryl methyl sites for hydroxylation is 1. The molecule has 2 aromatic carbocycles. The Morgan fingerprint density at radius 2 is 1.87 bits per heavy atom. The Morgan fingerprint density at radius 1 is 1.03 bits per heavy atom. The minimum absolute atomic E-state index is 0.0542. The van der Waals surface area contributed by atoms with Crippen LogP contribution in [0.5, 0.6) is 11.6 Å². The molecule has 4 aromatic rings. The normalized spacial score (nSPS) is 10.7. The first-order valence-corrected chi connectivity index (χ1v) is 9.60. The number of hydrogen-bond acceptors (Lipinski definition) is 4. The molecular weight excluding hydrogens is 378 g/mol. The van der Waals surface area contributed by atoms with E-state index >= 15 is 0 Å². The molecular formula is C24H21N3O3. The number of pyridine rings is 2. The molecule has 4 rings (SSSR count). The summed E-state index contributed by atoms with van der Waals surface area (Å²) in [5, 5.41) is 3.44. The number of hydrogen-bond donors (Lipinski definition) is 1. The summed E-state index contributed by atoms with van der Waals surface area (Å²) in [5.41, 5.74) is 3.24. The number of carbonyl (C=O) groups is 1.